The Hall–Kier alpha value is 0.110. The highest BCUT2D eigenvalue weighted by molar-refractivity contribution is 7.84. The summed E-state index contributed by atoms with van der Waals surface area (Å²) in [5.74, 6) is 2.49. The minimum Gasteiger partial charge on any atom is -0.328 e. The Morgan fingerprint density at radius 2 is 2.25 bits per heavy atom. The second-order valence-electron chi connectivity index (χ2n) is 3.87. The van der Waals surface area contributed by atoms with Crippen molar-refractivity contribution in [2.75, 3.05) is 11.5 Å². The zero-order valence-electron chi connectivity index (χ0n) is 7.79. The van der Waals surface area contributed by atoms with E-state index in [1.165, 1.54) is 19.3 Å². The predicted octanol–water partition coefficient (Wildman–Crippen LogP) is 1.27. The minimum absolute atomic E-state index is 0.204. The highest BCUT2D eigenvalue weighted by Crippen LogP contribution is 2.26. The lowest BCUT2D eigenvalue weighted by molar-refractivity contribution is 0.350. The van der Waals surface area contributed by atoms with Crippen LogP contribution in [0.4, 0.5) is 0 Å². The van der Waals surface area contributed by atoms with Gasteiger partial charge < -0.3 is 5.73 Å². The van der Waals surface area contributed by atoms with E-state index >= 15 is 0 Å². The molecule has 0 bridgehead atoms. The van der Waals surface area contributed by atoms with E-state index < -0.39 is 10.8 Å². The summed E-state index contributed by atoms with van der Waals surface area (Å²) in [5, 5.41) is 0. The van der Waals surface area contributed by atoms with Gasteiger partial charge in [-0.25, -0.2) is 0 Å². The fourth-order valence-electron chi connectivity index (χ4n) is 1.32. The van der Waals surface area contributed by atoms with Crippen LogP contribution in [0.1, 0.15) is 32.6 Å². The van der Waals surface area contributed by atoms with E-state index in [9.17, 15) is 4.21 Å². The first-order valence-electron chi connectivity index (χ1n) is 4.79. The molecule has 1 aliphatic carbocycles. The Morgan fingerprint density at radius 3 is 2.67 bits per heavy atom. The molecule has 2 atom stereocenters. The van der Waals surface area contributed by atoms with E-state index in [0.717, 1.165) is 23.8 Å². The number of hydrogen-bond donors (Lipinski definition) is 1. The van der Waals surface area contributed by atoms with Crippen LogP contribution in [0.2, 0.25) is 0 Å². The summed E-state index contributed by atoms with van der Waals surface area (Å²) in [6.07, 6.45) is 4.84. The molecule has 3 heteroatoms. The van der Waals surface area contributed by atoms with Crippen LogP contribution in [0.15, 0.2) is 0 Å². The smallest absolute Gasteiger partial charge is 0.0263 e. The topological polar surface area (TPSA) is 43.1 Å². The molecule has 1 aliphatic rings. The summed E-state index contributed by atoms with van der Waals surface area (Å²) in [6, 6.07) is 0.204. The molecule has 0 aromatic carbocycles. The molecule has 1 rings (SSSR count). The van der Waals surface area contributed by atoms with Crippen molar-refractivity contribution in [3.8, 4) is 0 Å². The Morgan fingerprint density at radius 1 is 1.58 bits per heavy atom. The second-order valence-corrected chi connectivity index (χ2v) is 5.49. The number of hydrogen-bond acceptors (Lipinski definition) is 2. The van der Waals surface area contributed by atoms with Crippen LogP contribution in [-0.2, 0) is 10.8 Å². The predicted molar refractivity (Wildman–Crippen MR) is 53.5 cm³/mol. The molecular weight excluding hydrogens is 170 g/mol. The molecule has 2 N–H and O–H groups in total. The van der Waals surface area contributed by atoms with Gasteiger partial charge in [-0.1, -0.05) is 6.42 Å². The molecule has 72 valence electrons. The van der Waals surface area contributed by atoms with Gasteiger partial charge in [-0.3, -0.25) is 4.21 Å². The van der Waals surface area contributed by atoms with E-state index in [1.54, 1.807) is 0 Å². The molecule has 0 amide bonds. The Kier molecular flexibility index (Phi) is 4.22. The van der Waals surface area contributed by atoms with Gasteiger partial charge in [-0.2, -0.15) is 0 Å². The second kappa shape index (κ2) is 4.97. The van der Waals surface area contributed by atoms with E-state index in [2.05, 4.69) is 0 Å². The van der Waals surface area contributed by atoms with Crippen molar-refractivity contribution in [1.29, 1.82) is 0 Å². The zero-order chi connectivity index (χ0) is 8.97. The Labute approximate surface area is 77.4 Å². The number of rotatable bonds is 5. The van der Waals surface area contributed by atoms with Gasteiger partial charge in [0.1, 0.15) is 0 Å². The van der Waals surface area contributed by atoms with Crippen LogP contribution < -0.4 is 5.73 Å². The molecule has 12 heavy (non-hydrogen) atoms. The quantitative estimate of drug-likeness (QED) is 0.708. The summed E-state index contributed by atoms with van der Waals surface area (Å²) >= 11 is 0. The minimum atomic E-state index is -0.599. The van der Waals surface area contributed by atoms with E-state index in [4.69, 9.17) is 5.73 Å². The lowest BCUT2D eigenvalue weighted by Crippen LogP contribution is -2.23. The molecule has 1 saturated carbocycles. The van der Waals surface area contributed by atoms with Crippen molar-refractivity contribution in [2.45, 2.75) is 38.6 Å². The van der Waals surface area contributed by atoms with E-state index in [0.29, 0.717) is 0 Å². The summed E-state index contributed by atoms with van der Waals surface area (Å²) in [7, 11) is -0.599. The molecule has 2 nitrogen and oxygen atoms in total. The van der Waals surface area contributed by atoms with Gasteiger partial charge in [0.05, 0.1) is 0 Å². The maximum Gasteiger partial charge on any atom is 0.0263 e. The van der Waals surface area contributed by atoms with Crippen molar-refractivity contribution >= 4 is 10.8 Å². The fourth-order valence-corrected chi connectivity index (χ4v) is 2.98. The van der Waals surface area contributed by atoms with Crippen molar-refractivity contribution in [1.82, 2.24) is 0 Å². The summed E-state index contributed by atoms with van der Waals surface area (Å²) < 4.78 is 11.4. The zero-order valence-corrected chi connectivity index (χ0v) is 8.61. The molecule has 0 radical (unpaired) electrons. The maximum absolute atomic E-state index is 11.4. The monoisotopic (exact) mass is 189 g/mol. The van der Waals surface area contributed by atoms with Gasteiger partial charge in [0, 0.05) is 28.3 Å². The molecule has 0 saturated heterocycles. The summed E-state index contributed by atoms with van der Waals surface area (Å²) in [6.45, 7) is 1.97. The maximum atomic E-state index is 11.4. The van der Waals surface area contributed by atoms with Gasteiger partial charge in [-0.15, -0.1) is 0 Å². The van der Waals surface area contributed by atoms with Gasteiger partial charge in [-0.05, 0) is 32.1 Å². The molecule has 2 unspecified atom stereocenters. The number of nitrogens with two attached hydrogens (primary N) is 1. The molecule has 1 fully saturated rings. The van der Waals surface area contributed by atoms with Crippen LogP contribution in [0.5, 0.6) is 0 Å². The molecule has 0 aromatic heterocycles. The Balaban J connectivity index is 2.03. The molecule has 0 aliphatic heterocycles. The standard InChI is InChI=1S/C9H19NOS/c1-8(10)5-6-12(11)7-9-3-2-4-9/h8-9H,2-7,10H2,1H3. The third kappa shape index (κ3) is 3.68. The SMILES string of the molecule is CC(N)CCS(=O)CC1CCC1. The van der Waals surface area contributed by atoms with Gasteiger partial charge in [0.15, 0.2) is 0 Å². The van der Waals surface area contributed by atoms with Crippen molar-refractivity contribution in [3.63, 3.8) is 0 Å². The highest BCUT2D eigenvalue weighted by atomic mass is 32.2. The summed E-state index contributed by atoms with van der Waals surface area (Å²) in [5.41, 5.74) is 5.58. The summed E-state index contributed by atoms with van der Waals surface area (Å²) in [4.78, 5) is 0. The van der Waals surface area contributed by atoms with Crippen molar-refractivity contribution in [2.24, 2.45) is 11.7 Å². The third-order valence-electron chi connectivity index (χ3n) is 2.45. The molecule has 0 aromatic rings. The third-order valence-corrected chi connectivity index (χ3v) is 3.98. The Bertz CT molecular complexity index is 155. The van der Waals surface area contributed by atoms with Crippen molar-refractivity contribution < 1.29 is 4.21 Å². The van der Waals surface area contributed by atoms with E-state index in [1.807, 2.05) is 6.92 Å². The average Bonchev–Trinajstić information content (AvgIpc) is 1.93. The first-order valence-corrected chi connectivity index (χ1v) is 6.28. The van der Waals surface area contributed by atoms with Gasteiger partial charge >= 0.3 is 0 Å². The van der Waals surface area contributed by atoms with Crippen LogP contribution in [0.3, 0.4) is 0 Å². The lowest BCUT2D eigenvalue weighted by Gasteiger charge is -2.24. The lowest BCUT2D eigenvalue weighted by atomic mass is 9.87. The average molecular weight is 189 g/mol. The first-order chi connectivity index (χ1) is 5.68. The normalized spacial score (nSPS) is 23.2. The van der Waals surface area contributed by atoms with Gasteiger partial charge in [0.2, 0.25) is 0 Å². The fraction of sp³-hybridized carbons (Fsp3) is 1.00. The molecular formula is C9H19NOS. The first kappa shape index (κ1) is 10.2. The molecule has 0 spiro atoms. The van der Waals surface area contributed by atoms with Crippen molar-refractivity contribution in [3.05, 3.63) is 0 Å². The largest absolute Gasteiger partial charge is 0.328 e. The van der Waals surface area contributed by atoms with E-state index in [-0.39, 0.29) is 6.04 Å². The highest BCUT2D eigenvalue weighted by Gasteiger charge is 2.19. The van der Waals surface area contributed by atoms with Crippen LogP contribution in [-0.4, -0.2) is 21.8 Å². The van der Waals surface area contributed by atoms with Gasteiger partial charge in [0.25, 0.3) is 0 Å². The van der Waals surface area contributed by atoms with Crippen LogP contribution in [0.25, 0.3) is 0 Å². The van der Waals surface area contributed by atoms with Crippen LogP contribution in [0, 0.1) is 5.92 Å². The molecule has 0 heterocycles. The van der Waals surface area contributed by atoms with Crippen LogP contribution >= 0.6 is 0 Å².